The van der Waals surface area contributed by atoms with Gasteiger partial charge in [0.15, 0.2) is 5.58 Å². The second-order valence-corrected chi connectivity index (χ2v) is 12.8. The Morgan fingerprint density at radius 3 is 1.66 bits per heavy atom. The Bertz CT molecular complexity index is 3000. The molecule has 234 valence electrons. The molecule has 0 aliphatic heterocycles. The van der Waals surface area contributed by atoms with Crippen LogP contribution in [0.5, 0.6) is 0 Å². The van der Waals surface area contributed by atoms with Crippen molar-refractivity contribution in [3.05, 3.63) is 158 Å². The van der Waals surface area contributed by atoms with Gasteiger partial charge in [0.1, 0.15) is 27.8 Å². The number of aromatic nitrogens is 1. The molecule has 8 aromatic carbocycles. The quantitative estimate of drug-likeness (QED) is 0.179. The Labute approximate surface area is 285 Å². The molecule has 11 rings (SSSR count). The normalized spacial score (nSPS) is 12.0. The molecule has 0 radical (unpaired) electrons. The minimum absolute atomic E-state index is 0.622. The van der Waals surface area contributed by atoms with Gasteiger partial charge in [-0.15, -0.1) is 0 Å². The maximum atomic E-state index is 6.49. The topological polar surface area (TPSA) is 55.6 Å². The van der Waals surface area contributed by atoms with Crippen molar-refractivity contribution in [2.24, 2.45) is 0 Å². The average molecular weight is 643 g/mol. The van der Waals surface area contributed by atoms with Crippen LogP contribution in [0.25, 0.3) is 88.0 Å². The number of anilines is 3. The molecule has 3 aromatic heterocycles. The summed E-state index contributed by atoms with van der Waals surface area (Å²) in [5, 5.41) is 8.73. The van der Waals surface area contributed by atoms with Gasteiger partial charge in [0.25, 0.3) is 0 Å². The Balaban J connectivity index is 1.14. The monoisotopic (exact) mass is 642 g/mol. The van der Waals surface area contributed by atoms with Crippen LogP contribution >= 0.6 is 0 Å². The van der Waals surface area contributed by atoms with Gasteiger partial charge >= 0.3 is 0 Å². The first-order chi connectivity index (χ1) is 24.7. The highest BCUT2D eigenvalue weighted by Crippen LogP contribution is 2.43. The Morgan fingerprint density at radius 1 is 0.400 bits per heavy atom. The van der Waals surface area contributed by atoms with Gasteiger partial charge in [-0.25, -0.2) is 4.98 Å². The van der Waals surface area contributed by atoms with Gasteiger partial charge in [-0.2, -0.15) is 0 Å². The molecule has 11 aromatic rings. The molecule has 3 heterocycles. The molecule has 0 unspecified atom stereocenters. The second kappa shape index (κ2) is 10.3. The largest absolute Gasteiger partial charge is 0.456 e. The van der Waals surface area contributed by atoms with E-state index in [2.05, 4.69) is 102 Å². The van der Waals surface area contributed by atoms with Gasteiger partial charge in [0.2, 0.25) is 5.89 Å². The fourth-order valence-electron chi connectivity index (χ4n) is 7.52. The summed E-state index contributed by atoms with van der Waals surface area (Å²) in [6.07, 6.45) is 0. The van der Waals surface area contributed by atoms with E-state index in [0.29, 0.717) is 5.89 Å². The van der Waals surface area contributed by atoms with Crippen molar-refractivity contribution in [2.75, 3.05) is 4.90 Å². The number of rotatable bonds is 4. The van der Waals surface area contributed by atoms with Gasteiger partial charge in [0, 0.05) is 49.6 Å². The van der Waals surface area contributed by atoms with E-state index >= 15 is 0 Å². The second-order valence-electron chi connectivity index (χ2n) is 12.8. The van der Waals surface area contributed by atoms with E-state index in [1.54, 1.807) is 0 Å². The van der Waals surface area contributed by atoms with Crippen LogP contribution in [0.4, 0.5) is 17.1 Å². The summed E-state index contributed by atoms with van der Waals surface area (Å²) in [5.41, 5.74) is 9.17. The number of hydrogen-bond donors (Lipinski definition) is 0. The summed E-state index contributed by atoms with van der Waals surface area (Å²) in [5.74, 6) is 0.622. The lowest BCUT2D eigenvalue weighted by atomic mass is 10.00. The molecule has 0 saturated carbocycles. The SMILES string of the molecule is c1ccc(-c2nc3ccc4ccc5cc(N(c6ccc7oc8ccccc8c7c6)c6ccc7oc8ccccc8c7c6)ccc5c4c3o2)cc1. The van der Waals surface area contributed by atoms with Crippen LogP contribution in [0.15, 0.2) is 171 Å². The number of benzene rings is 8. The van der Waals surface area contributed by atoms with E-state index in [-0.39, 0.29) is 0 Å². The van der Waals surface area contributed by atoms with Crippen molar-refractivity contribution in [1.29, 1.82) is 0 Å². The summed E-state index contributed by atoms with van der Waals surface area (Å²) in [6.45, 7) is 0. The zero-order valence-electron chi connectivity index (χ0n) is 26.6. The summed E-state index contributed by atoms with van der Waals surface area (Å²) in [6, 6.07) is 54.6. The van der Waals surface area contributed by atoms with Crippen LogP contribution < -0.4 is 4.90 Å². The third-order valence-electron chi connectivity index (χ3n) is 9.85. The predicted octanol–water partition coefficient (Wildman–Crippen LogP) is 13.1. The first-order valence-electron chi connectivity index (χ1n) is 16.7. The first-order valence-corrected chi connectivity index (χ1v) is 16.7. The number of furan rings is 2. The molecule has 0 saturated heterocycles. The Kier molecular flexibility index (Phi) is 5.60. The van der Waals surface area contributed by atoms with Crippen LogP contribution in [0, 0.1) is 0 Å². The van der Waals surface area contributed by atoms with E-state index in [4.69, 9.17) is 18.2 Å². The smallest absolute Gasteiger partial charge is 0.227 e. The number of fused-ring (bicyclic) bond motifs is 11. The lowest BCUT2D eigenvalue weighted by Crippen LogP contribution is -2.09. The standard InChI is InChI=1S/C45H26N2O3/c1-2-8-28(9-3-1)45-46-38-21-16-27-14-15-29-24-30(17-20-33(29)43(27)44(38)50-45)47(31-18-22-41-36(25-31)34-10-4-6-12-39(34)48-41)32-19-23-42-37(26-32)35-11-5-7-13-40(35)49-42/h1-26H. The van der Waals surface area contributed by atoms with Crippen LogP contribution in [0.2, 0.25) is 0 Å². The minimum Gasteiger partial charge on any atom is -0.456 e. The van der Waals surface area contributed by atoms with E-state index in [0.717, 1.165) is 99.1 Å². The fourth-order valence-corrected chi connectivity index (χ4v) is 7.52. The number of para-hydroxylation sites is 2. The summed E-state index contributed by atoms with van der Waals surface area (Å²) in [4.78, 5) is 7.17. The zero-order valence-corrected chi connectivity index (χ0v) is 26.6. The van der Waals surface area contributed by atoms with Crippen molar-refractivity contribution in [1.82, 2.24) is 4.98 Å². The lowest BCUT2D eigenvalue weighted by Gasteiger charge is -2.26. The number of hydrogen-bond acceptors (Lipinski definition) is 5. The van der Waals surface area contributed by atoms with Gasteiger partial charge in [-0.1, -0.05) is 78.9 Å². The van der Waals surface area contributed by atoms with Crippen LogP contribution in [0.1, 0.15) is 0 Å². The maximum Gasteiger partial charge on any atom is 0.227 e. The number of nitrogens with zero attached hydrogens (tertiary/aromatic N) is 2. The van der Waals surface area contributed by atoms with Crippen molar-refractivity contribution in [3.63, 3.8) is 0 Å². The predicted molar refractivity (Wildman–Crippen MR) is 204 cm³/mol. The Morgan fingerprint density at radius 2 is 0.960 bits per heavy atom. The van der Waals surface area contributed by atoms with Crippen molar-refractivity contribution in [2.45, 2.75) is 0 Å². The molecule has 0 fully saturated rings. The van der Waals surface area contributed by atoms with Crippen LogP contribution in [0.3, 0.4) is 0 Å². The molecule has 0 spiro atoms. The minimum atomic E-state index is 0.622. The van der Waals surface area contributed by atoms with Crippen molar-refractivity contribution < 1.29 is 13.3 Å². The van der Waals surface area contributed by atoms with Gasteiger partial charge < -0.3 is 18.2 Å². The molecule has 0 N–H and O–H groups in total. The third kappa shape index (κ3) is 4.04. The van der Waals surface area contributed by atoms with E-state index in [1.807, 2.05) is 60.7 Å². The van der Waals surface area contributed by atoms with E-state index in [1.165, 1.54) is 0 Å². The third-order valence-corrected chi connectivity index (χ3v) is 9.85. The molecule has 0 bridgehead atoms. The van der Waals surface area contributed by atoms with E-state index in [9.17, 15) is 0 Å². The van der Waals surface area contributed by atoms with Gasteiger partial charge in [-0.05, 0) is 95.0 Å². The Hall–Kier alpha value is -6.85. The first kappa shape index (κ1) is 27.1. The highest BCUT2D eigenvalue weighted by Gasteiger charge is 2.19. The van der Waals surface area contributed by atoms with Crippen molar-refractivity contribution in [3.8, 4) is 11.5 Å². The molecular weight excluding hydrogens is 617 g/mol. The molecule has 50 heavy (non-hydrogen) atoms. The molecule has 5 nitrogen and oxygen atoms in total. The highest BCUT2D eigenvalue weighted by molar-refractivity contribution is 6.18. The van der Waals surface area contributed by atoms with Crippen LogP contribution in [-0.4, -0.2) is 4.98 Å². The molecule has 0 aliphatic carbocycles. The molecular formula is C45H26N2O3. The summed E-state index contributed by atoms with van der Waals surface area (Å²) >= 11 is 0. The molecule has 0 atom stereocenters. The molecule has 5 heteroatoms. The zero-order chi connectivity index (χ0) is 32.8. The van der Waals surface area contributed by atoms with Crippen molar-refractivity contribution >= 4 is 93.6 Å². The van der Waals surface area contributed by atoms with Gasteiger partial charge in [0.05, 0.1) is 0 Å². The fraction of sp³-hybridized carbons (Fsp3) is 0. The maximum absolute atomic E-state index is 6.49. The van der Waals surface area contributed by atoms with Crippen LogP contribution in [-0.2, 0) is 0 Å². The van der Waals surface area contributed by atoms with Gasteiger partial charge in [-0.3, -0.25) is 0 Å². The molecule has 0 amide bonds. The van der Waals surface area contributed by atoms with E-state index < -0.39 is 0 Å². The number of oxazole rings is 1. The average Bonchev–Trinajstić information content (AvgIpc) is 3.88. The molecule has 0 aliphatic rings. The summed E-state index contributed by atoms with van der Waals surface area (Å²) in [7, 11) is 0. The highest BCUT2D eigenvalue weighted by atomic mass is 16.3. The lowest BCUT2D eigenvalue weighted by molar-refractivity contribution is 0.623. The summed E-state index contributed by atoms with van der Waals surface area (Å²) < 4.78 is 18.9.